The first-order valence-corrected chi connectivity index (χ1v) is 8.00. The average Bonchev–Trinajstić information content (AvgIpc) is 3.36. The van der Waals surface area contributed by atoms with Gasteiger partial charge in [-0.1, -0.05) is 66.7 Å². The van der Waals surface area contributed by atoms with Gasteiger partial charge in [0.05, 0.1) is 0 Å². The number of nitrogens with zero attached hydrogens (tertiary/aromatic N) is 1. The molecule has 1 aliphatic carbocycles. The van der Waals surface area contributed by atoms with Crippen LogP contribution in [0.3, 0.4) is 0 Å². The molecule has 0 saturated heterocycles. The molecule has 3 heteroatoms. The first-order valence-electron chi connectivity index (χ1n) is 8.00. The smallest absolute Gasteiger partial charge is 0.414 e. The van der Waals surface area contributed by atoms with Crippen LogP contribution < -0.4 is 0 Å². The van der Waals surface area contributed by atoms with Gasteiger partial charge in [-0.3, -0.25) is 4.90 Å². The van der Waals surface area contributed by atoms with Crippen LogP contribution in [0.1, 0.15) is 17.5 Å². The Kier molecular flexibility index (Phi) is 3.41. The molecule has 0 spiro atoms. The molecule has 1 amide bonds. The van der Waals surface area contributed by atoms with Gasteiger partial charge in [0.1, 0.15) is 6.61 Å². The number of carbonyl (C=O) groups is 1. The van der Waals surface area contributed by atoms with Gasteiger partial charge in [0, 0.05) is 18.2 Å². The summed E-state index contributed by atoms with van der Waals surface area (Å²) in [6, 6.07) is 20.3. The summed E-state index contributed by atoms with van der Waals surface area (Å²) in [7, 11) is 0. The van der Waals surface area contributed by atoms with Gasteiger partial charge in [0.15, 0.2) is 0 Å². The third kappa shape index (κ3) is 2.63. The first-order chi connectivity index (χ1) is 11.3. The summed E-state index contributed by atoms with van der Waals surface area (Å²) in [6.45, 7) is 1.05. The zero-order valence-electron chi connectivity index (χ0n) is 12.9. The number of benzene rings is 2. The molecule has 2 atom stereocenters. The molecule has 0 unspecified atom stereocenters. The Balaban J connectivity index is 1.40. The van der Waals surface area contributed by atoms with Crippen LogP contribution in [0.5, 0.6) is 0 Å². The van der Waals surface area contributed by atoms with Crippen molar-refractivity contribution in [3.63, 3.8) is 0 Å². The van der Waals surface area contributed by atoms with Crippen molar-refractivity contribution in [2.75, 3.05) is 6.54 Å². The highest BCUT2D eigenvalue weighted by Gasteiger charge is 2.56. The van der Waals surface area contributed by atoms with Crippen molar-refractivity contribution < 1.29 is 9.53 Å². The second-order valence-corrected chi connectivity index (χ2v) is 6.32. The Bertz CT molecular complexity index is 726. The predicted octanol–water partition coefficient (Wildman–Crippen LogP) is 4.11. The zero-order chi connectivity index (χ0) is 15.7. The Morgan fingerprint density at radius 2 is 1.78 bits per heavy atom. The number of rotatable bonds is 3. The van der Waals surface area contributed by atoms with Gasteiger partial charge in [-0.05, 0) is 23.5 Å². The maximum Gasteiger partial charge on any atom is 0.414 e. The molecule has 0 bridgehead atoms. The van der Waals surface area contributed by atoms with Crippen molar-refractivity contribution in [3.8, 4) is 0 Å². The Morgan fingerprint density at radius 1 is 1.09 bits per heavy atom. The van der Waals surface area contributed by atoms with E-state index in [4.69, 9.17) is 4.74 Å². The van der Waals surface area contributed by atoms with Crippen LogP contribution in [0.4, 0.5) is 4.79 Å². The fraction of sp³-hybridized carbons (Fsp3) is 0.250. The van der Waals surface area contributed by atoms with Crippen molar-refractivity contribution in [2.24, 2.45) is 5.92 Å². The summed E-state index contributed by atoms with van der Waals surface area (Å²) >= 11 is 0. The molecule has 3 nitrogen and oxygen atoms in total. The number of hydrogen-bond donors (Lipinski definition) is 0. The van der Waals surface area contributed by atoms with Crippen LogP contribution in [0.25, 0.3) is 0 Å². The fourth-order valence-corrected chi connectivity index (χ4v) is 3.44. The van der Waals surface area contributed by atoms with E-state index in [2.05, 4.69) is 30.3 Å². The average molecular weight is 305 g/mol. The molecule has 1 heterocycles. The number of hydrogen-bond acceptors (Lipinski definition) is 2. The van der Waals surface area contributed by atoms with E-state index in [1.54, 1.807) is 4.90 Å². The molecule has 23 heavy (non-hydrogen) atoms. The molecule has 1 saturated carbocycles. The highest BCUT2D eigenvalue weighted by Crippen LogP contribution is 2.57. The lowest BCUT2D eigenvalue weighted by molar-refractivity contribution is 0.107. The van der Waals surface area contributed by atoms with Crippen LogP contribution in [-0.2, 0) is 16.8 Å². The molecule has 0 aromatic heterocycles. The molecule has 2 aliphatic rings. The van der Waals surface area contributed by atoms with Gasteiger partial charge >= 0.3 is 6.09 Å². The number of allylic oxidation sites excluding steroid dienone is 1. The topological polar surface area (TPSA) is 29.5 Å². The highest BCUT2D eigenvalue weighted by atomic mass is 16.6. The van der Waals surface area contributed by atoms with Gasteiger partial charge in [0.25, 0.3) is 0 Å². The van der Waals surface area contributed by atoms with Gasteiger partial charge in [-0.25, -0.2) is 4.79 Å². The second kappa shape index (κ2) is 5.58. The molecule has 116 valence electrons. The Labute approximate surface area is 136 Å². The molecule has 1 aliphatic heterocycles. The van der Waals surface area contributed by atoms with Crippen LogP contribution in [0.15, 0.2) is 72.9 Å². The minimum Gasteiger partial charge on any atom is -0.444 e. The van der Waals surface area contributed by atoms with Crippen molar-refractivity contribution in [1.29, 1.82) is 0 Å². The maximum atomic E-state index is 12.2. The van der Waals surface area contributed by atoms with E-state index in [1.165, 1.54) is 5.56 Å². The zero-order valence-corrected chi connectivity index (χ0v) is 12.9. The Morgan fingerprint density at radius 3 is 2.48 bits per heavy atom. The normalized spacial score (nSPS) is 24.9. The fourth-order valence-electron chi connectivity index (χ4n) is 3.44. The van der Waals surface area contributed by atoms with E-state index in [0.29, 0.717) is 12.5 Å². The molecule has 1 fully saturated rings. The van der Waals surface area contributed by atoms with Crippen LogP contribution in [-0.4, -0.2) is 17.5 Å². The highest BCUT2D eigenvalue weighted by molar-refractivity contribution is 5.70. The lowest BCUT2D eigenvalue weighted by Crippen LogP contribution is -2.33. The molecule has 0 radical (unpaired) electrons. The summed E-state index contributed by atoms with van der Waals surface area (Å²) in [5.74, 6) is 0.499. The third-order valence-electron chi connectivity index (χ3n) is 4.87. The minimum atomic E-state index is -0.265. The summed E-state index contributed by atoms with van der Waals surface area (Å²) < 4.78 is 5.41. The van der Waals surface area contributed by atoms with Crippen molar-refractivity contribution in [1.82, 2.24) is 4.90 Å². The van der Waals surface area contributed by atoms with Crippen LogP contribution in [0, 0.1) is 5.92 Å². The van der Waals surface area contributed by atoms with Crippen LogP contribution in [0.2, 0.25) is 0 Å². The lowest BCUT2D eigenvalue weighted by Gasteiger charge is -2.25. The summed E-state index contributed by atoms with van der Waals surface area (Å²) in [5, 5.41) is 0. The standard InChI is InChI=1S/C20H19NO2/c22-19(23-15-16-7-3-1-4-8-16)21-12-11-20(13-18(20)14-21)17-9-5-2-6-10-17/h1-12,18H,13-15H2/t18-,20-/m0/s1. The molecule has 2 aromatic carbocycles. The van der Waals surface area contributed by atoms with Crippen molar-refractivity contribution in [3.05, 3.63) is 84.1 Å². The Hall–Kier alpha value is -2.55. The SMILES string of the molecule is O=C(OCc1ccccc1)N1C=C[C@@]2(c3ccccc3)C[C@H]2C1. The summed E-state index contributed by atoms with van der Waals surface area (Å²) in [4.78, 5) is 13.9. The number of carbonyl (C=O) groups excluding carboxylic acids is 1. The maximum absolute atomic E-state index is 12.2. The van der Waals surface area contributed by atoms with Gasteiger partial charge < -0.3 is 4.74 Å². The molecule has 0 N–H and O–H groups in total. The van der Waals surface area contributed by atoms with E-state index >= 15 is 0 Å². The molecular weight excluding hydrogens is 286 g/mol. The van der Waals surface area contributed by atoms with E-state index < -0.39 is 0 Å². The summed E-state index contributed by atoms with van der Waals surface area (Å²) in [6.07, 6.45) is 4.90. The van der Waals surface area contributed by atoms with Crippen molar-refractivity contribution >= 4 is 6.09 Å². The van der Waals surface area contributed by atoms with Gasteiger partial charge in [0.2, 0.25) is 0 Å². The lowest BCUT2D eigenvalue weighted by atomic mass is 9.91. The monoisotopic (exact) mass is 305 g/mol. The largest absolute Gasteiger partial charge is 0.444 e. The van der Waals surface area contributed by atoms with Gasteiger partial charge in [-0.2, -0.15) is 0 Å². The summed E-state index contributed by atoms with van der Waals surface area (Å²) in [5.41, 5.74) is 2.49. The number of ether oxygens (including phenoxy) is 1. The van der Waals surface area contributed by atoms with E-state index in [-0.39, 0.29) is 11.5 Å². The van der Waals surface area contributed by atoms with Gasteiger partial charge in [-0.15, -0.1) is 0 Å². The third-order valence-corrected chi connectivity index (χ3v) is 4.87. The van der Waals surface area contributed by atoms with Crippen LogP contribution >= 0.6 is 0 Å². The predicted molar refractivity (Wildman–Crippen MR) is 88.7 cm³/mol. The quantitative estimate of drug-likeness (QED) is 0.854. The minimum absolute atomic E-state index is 0.136. The van der Waals surface area contributed by atoms with Crippen molar-refractivity contribution in [2.45, 2.75) is 18.4 Å². The van der Waals surface area contributed by atoms with E-state index in [0.717, 1.165) is 18.5 Å². The number of fused-ring (bicyclic) bond motifs is 1. The van der Waals surface area contributed by atoms with E-state index in [9.17, 15) is 4.79 Å². The second-order valence-electron chi connectivity index (χ2n) is 6.32. The van der Waals surface area contributed by atoms with E-state index in [1.807, 2.05) is 42.6 Å². The first kappa shape index (κ1) is 14.1. The molecule has 4 rings (SSSR count). The molecular formula is C20H19NO2. The molecule has 2 aromatic rings. The number of amides is 1.